The summed E-state index contributed by atoms with van der Waals surface area (Å²) in [7, 11) is -3.93. The van der Waals surface area contributed by atoms with Gasteiger partial charge in [-0.3, -0.25) is 4.79 Å². The molecule has 7 heteroatoms. The number of amides is 1. The van der Waals surface area contributed by atoms with E-state index in [-0.39, 0.29) is 16.4 Å². The lowest BCUT2D eigenvalue weighted by Gasteiger charge is -2.28. The number of benzene rings is 1. The van der Waals surface area contributed by atoms with Crippen LogP contribution in [0.25, 0.3) is 6.08 Å². The Morgan fingerprint density at radius 3 is 2.48 bits per heavy atom. The molecule has 0 radical (unpaired) electrons. The van der Waals surface area contributed by atoms with Gasteiger partial charge in [-0.05, 0) is 29.8 Å². The second-order valence-electron chi connectivity index (χ2n) is 4.39. The smallest absolute Gasteiger partial charge is 0.270 e. The molecule has 6 nitrogen and oxygen atoms in total. The van der Waals surface area contributed by atoms with Crippen molar-refractivity contribution < 1.29 is 13.2 Å². The highest BCUT2D eigenvalue weighted by Crippen LogP contribution is 2.33. The highest BCUT2D eigenvalue weighted by molar-refractivity contribution is 7.93. The Labute approximate surface area is 121 Å². The third kappa shape index (κ3) is 2.07. The van der Waals surface area contributed by atoms with E-state index in [4.69, 9.17) is 5.73 Å². The van der Waals surface area contributed by atoms with Crippen molar-refractivity contribution in [2.24, 2.45) is 5.73 Å². The average Bonchev–Trinajstić information content (AvgIpc) is 2.47. The number of rotatable bonds is 2. The molecule has 3 rings (SSSR count). The topological polar surface area (TPSA) is 93.4 Å². The number of carbonyl (C=O) groups is 1. The van der Waals surface area contributed by atoms with Gasteiger partial charge in [-0.25, -0.2) is 17.7 Å². The van der Waals surface area contributed by atoms with E-state index in [2.05, 4.69) is 4.98 Å². The molecule has 0 atom stereocenters. The standard InChI is InChI=1S/C14H11N3O3S/c15-14(18)11-9-10-5-1-2-6-12(10)21(19,20)17(11)13-7-3-4-8-16-13/h1-9H,(H2,15,18). The number of sulfonamides is 1. The van der Waals surface area contributed by atoms with E-state index in [0.29, 0.717) is 5.56 Å². The zero-order valence-electron chi connectivity index (χ0n) is 10.8. The van der Waals surface area contributed by atoms with E-state index in [1.807, 2.05) is 0 Å². The molecule has 106 valence electrons. The second kappa shape index (κ2) is 4.71. The molecule has 0 saturated carbocycles. The summed E-state index contributed by atoms with van der Waals surface area (Å²) < 4.78 is 26.4. The van der Waals surface area contributed by atoms with E-state index >= 15 is 0 Å². The maximum atomic E-state index is 12.8. The molecule has 0 spiro atoms. The fourth-order valence-electron chi connectivity index (χ4n) is 2.16. The van der Waals surface area contributed by atoms with Crippen LogP contribution in [0.3, 0.4) is 0 Å². The minimum atomic E-state index is -3.93. The zero-order chi connectivity index (χ0) is 15.0. The van der Waals surface area contributed by atoms with E-state index in [9.17, 15) is 13.2 Å². The minimum absolute atomic E-state index is 0.112. The number of nitrogens with two attached hydrogens (primary N) is 1. The second-order valence-corrected chi connectivity index (χ2v) is 6.14. The van der Waals surface area contributed by atoms with Crippen LogP contribution in [0.5, 0.6) is 0 Å². The number of pyridine rings is 1. The van der Waals surface area contributed by atoms with Gasteiger partial charge in [-0.1, -0.05) is 24.3 Å². The van der Waals surface area contributed by atoms with Gasteiger partial charge in [0.25, 0.3) is 15.9 Å². The van der Waals surface area contributed by atoms with Gasteiger partial charge >= 0.3 is 0 Å². The van der Waals surface area contributed by atoms with E-state index in [1.54, 1.807) is 30.3 Å². The van der Waals surface area contributed by atoms with Gasteiger partial charge in [0.1, 0.15) is 11.5 Å². The summed E-state index contributed by atoms with van der Waals surface area (Å²) in [4.78, 5) is 15.8. The number of nitrogens with zero attached hydrogens (tertiary/aromatic N) is 2. The average molecular weight is 301 g/mol. The van der Waals surface area contributed by atoms with Crippen LogP contribution in [0.15, 0.2) is 59.3 Å². The first kappa shape index (κ1) is 13.3. The van der Waals surface area contributed by atoms with Gasteiger partial charge in [0, 0.05) is 6.20 Å². The summed E-state index contributed by atoms with van der Waals surface area (Å²) in [6, 6.07) is 11.2. The highest BCUT2D eigenvalue weighted by atomic mass is 32.2. The summed E-state index contributed by atoms with van der Waals surface area (Å²) in [5.41, 5.74) is 5.63. The first-order valence-electron chi connectivity index (χ1n) is 6.09. The summed E-state index contributed by atoms with van der Waals surface area (Å²) in [6.07, 6.45) is 2.90. The predicted molar refractivity (Wildman–Crippen MR) is 77.5 cm³/mol. The molecule has 0 fully saturated rings. The lowest BCUT2D eigenvalue weighted by molar-refractivity contribution is -0.114. The van der Waals surface area contributed by atoms with Gasteiger partial charge in [0.2, 0.25) is 0 Å². The van der Waals surface area contributed by atoms with E-state index in [0.717, 1.165) is 4.31 Å². The van der Waals surface area contributed by atoms with Crippen LogP contribution in [0.4, 0.5) is 5.82 Å². The molecular formula is C14H11N3O3S. The Morgan fingerprint density at radius 1 is 1.10 bits per heavy atom. The van der Waals surface area contributed by atoms with E-state index in [1.165, 1.54) is 24.4 Å². The molecule has 2 aromatic rings. The Hall–Kier alpha value is -2.67. The van der Waals surface area contributed by atoms with Gasteiger partial charge in [0.05, 0.1) is 4.90 Å². The first-order valence-corrected chi connectivity index (χ1v) is 7.53. The molecule has 1 aromatic carbocycles. The monoisotopic (exact) mass is 301 g/mol. The minimum Gasteiger partial charge on any atom is -0.364 e. The lowest BCUT2D eigenvalue weighted by atomic mass is 10.2. The van der Waals surface area contributed by atoms with Gasteiger partial charge in [0.15, 0.2) is 0 Å². The Kier molecular flexibility index (Phi) is 2.99. The SMILES string of the molecule is NC(=O)C1=Cc2ccccc2S(=O)(=O)N1c1ccccn1. The van der Waals surface area contributed by atoms with Crippen LogP contribution in [-0.4, -0.2) is 19.3 Å². The molecule has 1 amide bonds. The van der Waals surface area contributed by atoms with Gasteiger partial charge < -0.3 is 5.73 Å². The molecule has 0 bridgehead atoms. The van der Waals surface area contributed by atoms with Crippen LogP contribution in [-0.2, 0) is 14.8 Å². The molecule has 2 heterocycles. The van der Waals surface area contributed by atoms with Crippen LogP contribution in [0.2, 0.25) is 0 Å². The summed E-state index contributed by atoms with van der Waals surface area (Å²) in [5.74, 6) is -0.712. The summed E-state index contributed by atoms with van der Waals surface area (Å²) in [5, 5.41) is 0. The van der Waals surface area contributed by atoms with Crippen molar-refractivity contribution in [3.8, 4) is 0 Å². The van der Waals surface area contributed by atoms with Crippen molar-refractivity contribution in [1.82, 2.24) is 4.98 Å². The van der Waals surface area contributed by atoms with Crippen molar-refractivity contribution in [3.63, 3.8) is 0 Å². The van der Waals surface area contributed by atoms with Crippen LogP contribution < -0.4 is 10.0 Å². The lowest BCUT2D eigenvalue weighted by Crippen LogP contribution is -2.39. The summed E-state index contributed by atoms with van der Waals surface area (Å²) >= 11 is 0. The molecule has 0 saturated heterocycles. The third-order valence-corrected chi connectivity index (χ3v) is 4.85. The Bertz CT molecular complexity index is 845. The van der Waals surface area contributed by atoms with Crippen LogP contribution >= 0.6 is 0 Å². The maximum Gasteiger partial charge on any atom is 0.270 e. The molecule has 0 aliphatic carbocycles. The quantitative estimate of drug-likeness (QED) is 0.899. The van der Waals surface area contributed by atoms with Gasteiger partial charge in [-0.2, -0.15) is 0 Å². The first-order chi connectivity index (χ1) is 10.0. The number of fused-ring (bicyclic) bond motifs is 1. The summed E-state index contributed by atoms with van der Waals surface area (Å²) in [6.45, 7) is 0. The van der Waals surface area contributed by atoms with Gasteiger partial charge in [-0.15, -0.1) is 0 Å². The fraction of sp³-hybridized carbons (Fsp3) is 0. The van der Waals surface area contributed by atoms with Crippen molar-refractivity contribution in [1.29, 1.82) is 0 Å². The molecule has 1 aromatic heterocycles. The van der Waals surface area contributed by atoms with Crippen molar-refractivity contribution in [2.45, 2.75) is 4.90 Å². The number of hydrogen-bond acceptors (Lipinski definition) is 4. The fourth-order valence-corrected chi connectivity index (χ4v) is 3.79. The highest BCUT2D eigenvalue weighted by Gasteiger charge is 2.36. The van der Waals surface area contributed by atoms with E-state index < -0.39 is 15.9 Å². The van der Waals surface area contributed by atoms with Crippen molar-refractivity contribution in [2.75, 3.05) is 4.31 Å². The predicted octanol–water partition coefficient (Wildman–Crippen LogP) is 1.12. The molecule has 21 heavy (non-hydrogen) atoms. The Balaban J connectivity index is 2.31. The molecule has 1 aliphatic rings. The number of hydrogen-bond donors (Lipinski definition) is 1. The maximum absolute atomic E-state index is 12.8. The molecule has 0 unspecified atom stereocenters. The normalized spacial score (nSPS) is 16.0. The molecule has 2 N–H and O–H groups in total. The molecule has 1 aliphatic heterocycles. The largest absolute Gasteiger partial charge is 0.364 e. The van der Waals surface area contributed by atoms with Crippen molar-refractivity contribution >= 4 is 27.8 Å². The van der Waals surface area contributed by atoms with Crippen LogP contribution in [0.1, 0.15) is 5.56 Å². The Morgan fingerprint density at radius 2 is 1.81 bits per heavy atom. The number of primary amides is 1. The van der Waals surface area contributed by atoms with Crippen molar-refractivity contribution in [3.05, 3.63) is 59.9 Å². The zero-order valence-corrected chi connectivity index (χ0v) is 11.6. The third-order valence-electron chi connectivity index (χ3n) is 3.06. The molecular weight excluding hydrogens is 290 g/mol. The van der Waals surface area contributed by atoms with Crippen LogP contribution in [0, 0.1) is 0 Å². The number of anilines is 1. The number of aromatic nitrogens is 1. The number of carbonyl (C=O) groups excluding carboxylic acids is 1.